The monoisotopic (exact) mass is 247 g/mol. The Morgan fingerprint density at radius 3 is 2.47 bits per heavy atom. The molecule has 0 fully saturated rings. The molecule has 2 rings (SSSR count). The standard InChI is InChI=1S/C13H17N3S/c1-8-4-5-11(9(2)15-8)13(16-14)12-6-7-17-10(12)3/h4-7,13,16H,14H2,1-3H3. The quantitative estimate of drug-likeness (QED) is 0.647. The van der Waals surface area contributed by atoms with Gasteiger partial charge < -0.3 is 0 Å². The molecule has 0 saturated carbocycles. The van der Waals surface area contributed by atoms with Gasteiger partial charge in [-0.1, -0.05) is 6.07 Å². The van der Waals surface area contributed by atoms with Crippen molar-refractivity contribution in [3.05, 3.63) is 51.0 Å². The number of thiophene rings is 1. The number of aromatic nitrogens is 1. The smallest absolute Gasteiger partial charge is 0.0738 e. The SMILES string of the molecule is Cc1ccc(C(NN)c2ccsc2C)c(C)n1. The molecule has 17 heavy (non-hydrogen) atoms. The molecule has 2 aromatic heterocycles. The number of nitrogens with zero attached hydrogens (tertiary/aromatic N) is 1. The molecule has 0 aromatic carbocycles. The minimum absolute atomic E-state index is 0.0225. The van der Waals surface area contributed by atoms with E-state index in [0.29, 0.717) is 0 Å². The molecular formula is C13H17N3S. The molecule has 0 aliphatic heterocycles. The first kappa shape index (κ1) is 12.2. The first-order chi connectivity index (χ1) is 8.13. The summed E-state index contributed by atoms with van der Waals surface area (Å²) in [5, 5.41) is 2.09. The maximum atomic E-state index is 5.70. The van der Waals surface area contributed by atoms with Crippen molar-refractivity contribution in [2.75, 3.05) is 0 Å². The molecule has 2 heterocycles. The predicted molar refractivity (Wildman–Crippen MR) is 71.9 cm³/mol. The van der Waals surface area contributed by atoms with E-state index in [-0.39, 0.29) is 6.04 Å². The second-order valence-electron chi connectivity index (χ2n) is 4.16. The van der Waals surface area contributed by atoms with Gasteiger partial charge in [-0.2, -0.15) is 0 Å². The van der Waals surface area contributed by atoms with E-state index >= 15 is 0 Å². The number of nitrogens with one attached hydrogen (secondary N) is 1. The maximum absolute atomic E-state index is 5.70. The number of rotatable bonds is 3. The van der Waals surface area contributed by atoms with Gasteiger partial charge in [0.2, 0.25) is 0 Å². The minimum Gasteiger partial charge on any atom is -0.271 e. The lowest BCUT2D eigenvalue weighted by molar-refractivity contribution is 0.629. The fourth-order valence-corrected chi connectivity index (χ4v) is 2.78. The predicted octanol–water partition coefficient (Wildman–Crippen LogP) is 2.62. The van der Waals surface area contributed by atoms with Crippen molar-refractivity contribution in [1.29, 1.82) is 0 Å². The summed E-state index contributed by atoms with van der Waals surface area (Å²) in [6.45, 7) is 6.13. The second-order valence-corrected chi connectivity index (χ2v) is 5.28. The van der Waals surface area contributed by atoms with Crippen LogP contribution < -0.4 is 11.3 Å². The number of hydrazine groups is 1. The van der Waals surface area contributed by atoms with E-state index in [4.69, 9.17) is 5.84 Å². The largest absolute Gasteiger partial charge is 0.271 e. The topological polar surface area (TPSA) is 50.9 Å². The van der Waals surface area contributed by atoms with E-state index in [1.807, 2.05) is 19.9 Å². The Morgan fingerprint density at radius 2 is 1.94 bits per heavy atom. The molecule has 0 saturated heterocycles. The molecule has 4 heteroatoms. The average molecular weight is 247 g/mol. The lowest BCUT2D eigenvalue weighted by Gasteiger charge is -2.18. The molecule has 0 bridgehead atoms. The van der Waals surface area contributed by atoms with Crippen LogP contribution >= 0.6 is 11.3 Å². The highest BCUT2D eigenvalue weighted by Crippen LogP contribution is 2.28. The molecule has 0 spiro atoms. The van der Waals surface area contributed by atoms with Crippen LogP contribution in [-0.2, 0) is 0 Å². The van der Waals surface area contributed by atoms with E-state index in [1.54, 1.807) is 11.3 Å². The zero-order chi connectivity index (χ0) is 12.4. The summed E-state index contributed by atoms with van der Waals surface area (Å²) in [4.78, 5) is 5.77. The van der Waals surface area contributed by atoms with Crippen LogP contribution in [0.25, 0.3) is 0 Å². The van der Waals surface area contributed by atoms with Crippen molar-refractivity contribution in [2.45, 2.75) is 26.8 Å². The summed E-state index contributed by atoms with van der Waals surface area (Å²) >= 11 is 1.74. The van der Waals surface area contributed by atoms with Crippen molar-refractivity contribution in [1.82, 2.24) is 10.4 Å². The van der Waals surface area contributed by atoms with Gasteiger partial charge in [-0.3, -0.25) is 10.8 Å². The number of nitrogens with two attached hydrogens (primary N) is 1. The van der Waals surface area contributed by atoms with Crippen molar-refractivity contribution >= 4 is 11.3 Å². The van der Waals surface area contributed by atoms with Crippen LogP contribution in [0.1, 0.15) is 33.4 Å². The van der Waals surface area contributed by atoms with E-state index < -0.39 is 0 Å². The summed E-state index contributed by atoms with van der Waals surface area (Å²) in [6.07, 6.45) is 0. The molecule has 3 N–H and O–H groups in total. The summed E-state index contributed by atoms with van der Waals surface area (Å²) in [5.41, 5.74) is 7.31. The number of hydrogen-bond acceptors (Lipinski definition) is 4. The minimum atomic E-state index is 0.0225. The first-order valence-electron chi connectivity index (χ1n) is 5.57. The molecule has 3 nitrogen and oxygen atoms in total. The van der Waals surface area contributed by atoms with Crippen molar-refractivity contribution in [3.63, 3.8) is 0 Å². The van der Waals surface area contributed by atoms with Gasteiger partial charge in [0.05, 0.1) is 6.04 Å². The van der Waals surface area contributed by atoms with Crippen molar-refractivity contribution < 1.29 is 0 Å². The third-order valence-electron chi connectivity index (χ3n) is 2.95. The van der Waals surface area contributed by atoms with Crippen molar-refractivity contribution in [2.24, 2.45) is 5.84 Å². The third-order valence-corrected chi connectivity index (χ3v) is 3.81. The molecule has 0 amide bonds. The Labute approximate surface area is 106 Å². The zero-order valence-electron chi connectivity index (χ0n) is 10.3. The summed E-state index contributed by atoms with van der Waals surface area (Å²) in [7, 11) is 0. The summed E-state index contributed by atoms with van der Waals surface area (Å²) in [5.74, 6) is 5.70. The number of pyridine rings is 1. The summed E-state index contributed by atoms with van der Waals surface area (Å²) < 4.78 is 0. The second kappa shape index (κ2) is 4.96. The van der Waals surface area contributed by atoms with E-state index in [1.165, 1.54) is 10.4 Å². The molecule has 1 atom stereocenters. The normalized spacial score (nSPS) is 12.7. The zero-order valence-corrected chi connectivity index (χ0v) is 11.1. The van der Waals surface area contributed by atoms with Crippen LogP contribution in [0.3, 0.4) is 0 Å². The Balaban J connectivity index is 2.46. The van der Waals surface area contributed by atoms with Crippen LogP contribution in [0.5, 0.6) is 0 Å². The Kier molecular flexibility index (Phi) is 3.57. The molecule has 0 aliphatic carbocycles. The van der Waals surface area contributed by atoms with Crippen molar-refractivity contribution in [3.8, 4) is 0 Å². The Hall–Kier alpha value is -1.23. The Bertz CT molecular complexity index is 519. The van der Waals surface area contributed by atoms with E-state index in [9.17, 15) is 0 Å². The molecule has 90 valence electrons. The molecule has 1 unspecified atom stereocenters. The van der Waals surface area contributed by atoms with Gasteiger partial charge in [-0.05, 0) is 49.4 Å². The van der Waals surface area contributed by atoms with Gasteiger partial charge in [0.15, 0.2) is 0 Å². The average Bonchev–Trinajstić information content (AvgIpc) is 2.69. The number of hydrogen-bond donors (Lipinski definition) is 2. The molecule has 2 aromatic rings. The maximum Gasteiger partial charge on any atom is 0.0738 e. The fourth-order valence-electron chi connectivity index (χ4n) is 2.04. The lowest BCUT2D eigenvalue weighted by atomic mass is 9.98. The molecule has 0 aliphatic rings. The van der Waals surface area contributed by atoms with Gasteiger partial charge in [0.1, 0.15) is 0 Å². The molecule has 0 radical (unpaired) electrons. The van der Waals surface area contributed by atoms with Crippen LogP contribution in [0, 0.1) is 20.8 Å². The van der Waals surface area contributed by atoms with E-state index in [2.05, 4.69) is 34.8 Å². The van der Waals surface area contributed by atoms with Crippen LogP contribution in [0.4, 0.5) is 0 Å². The third kappa shape index (κ3) is 2.39. The highest BCUT2D eigenvalue weighted by molar-refractivity contribution is 7.10. The highest BCUT2D eigenvalue weighted by atomic mass is 32.1. The molecular weight excluding hydrogens is 230 g/mol. The lowest BCUT2D eigenvalue weighted by Crippen LogP contribution is -2.29. The van der Waals surface area contributed by atoms with Crippen LogP contribution in [-0.4, -0.2) is 4.98 Å². The van der Waals surface area contributed by atoms with Gasteiger partial charge in [0.25, 0.3) is 0 Å². The van der Waals surface area contributed by atoms with Gasteiger partial charge in [0, 0.05) is 16.3 Å². The van der Waals surface area contributed by atoms with E-state index in [0.717, 1.165) is 17.0 Å². The van der Waals surface area contributed by atoms with Gasteiger partial charge in [-0.25, -0.2) is 5.43 Å². The fraction of sp³-hybridized carbons (Fsp3) is 0.308. The van der Waals surface area contributed by atoms with Crippen LogP contribution in [0.15, 0.2) is 23.6 Å². The first-order valence-corrected chi connectivity index (χ1v) is 6.45. The van der Waals surface area contributed by atoms with Gasteiger partial charge in [-0.15, -0.1) is 11.3 Å². The van der Waals surface area contributed by atoms with Crippen LogP contribution in [0.2, 0.25) is 0 Å². The van der Waals surface area contributed by atoms with Gasteiger partial charge >= 0.3 is 0 Å². The number of aryl methyl sites for hydroxylation is 3. The summed E-state index contributed by atoms with van der Waals surface area (Å²) in [6, 6.07) is 6.26. The highest BCUT2D eigenvalue weighted by Gasteiger charge is 2.17. The Morgan fingerprint density at radius 1 is 1.18 bits per heavy atom.